The Hall–Kier alpha value is -1.55. The second kappa shape index (κ2) is 9.67. The largest absolute Gasteiger partial charge is 0.357 e. The van der Waals surface area contributed by atoms with Gasteiger partial charge in [0, 0.05) is 33.2 Å². The van der Waals surface area contributed by atoms with Crippen LogP contribution in [0.2, 0.25) is 0 Å². The number of nitrogens with one attached hydrogen (secondary N) is 1. The molecule has 1 heterocycles. The van der Waals surface area contributed by atoms with E-state index in [1.165, 1.54) is 37.1 Å². The van der Waals surface area contributed by atoms with Crippen LogP contribution in [0.1, 0.15) is 37.8 Å². The van der Waals surface area contributed by atoms with Crippen LogP contribution in [0.4, 0.5) is 0 Å². The van der Waals surface area contributed by atoms with Crippen molar-refractivity contribution in [3.05, 3.63) is 35.4 Å². The van der Waals surface area contributed by atoms with Gasteiger partial charge in [0.05, 0.1) is 0 Å². The molecule has 134 valence electrons. The van der Waals surface area contributed by atoms with Gasteiger partial charge in [-0.15, -0.1) is 0 Å². The summed E-state index contributed by atoms with van der Waals surface area (Å²) in [5, 5.41) is 3.44. The number of aryl methyl sites for hydroxylation is 1. The summed E-state index contributed by atoms with van der Waals surface area (Å²) in [6.45, 7) is 9.45. The fourth-order valence-corrected chi connectivity index (χ4v) is 3.34. The summed E-state index contributed by atoms with van der Waals surface area (Å²) in [4.78, 5) is 9.57. The van der Waals surface area contributed by atoms with Crippen LogP contribution in [0.25, 0.3) is 0 Å². The van der Waals surface area contributed by atoms with Crippen molar-refractivity contribution in [2.45, 2.75) is 39.7 Å². The van der Waals surface area contributed by atoms with Gasteiger partial charge in [-0.25, -0.2) is 0 Å². The zero-order valence-electron chi connectivity index (χ0n) is 15.9. The predicted octanol–water partition coefficient (Wildman–Crippen LogP) is 2.99. The van der Waals surface area contributed by atoms with Gasteiger partial charge >= 0.3 is 0 Å². The Bertz CT molecular complexity index is 509. The summed E-state index contributed by atoms with van der Waals surface area (Å²) in [5.41, 5.74) is 2.72. The van der Waals surface area contributed by atoms with Crippen LogP contribution < -0.4 is 5.32 Å². The first kappa shape index (κ1) is 18.8. The number of nitrogens with zero attached hydrogens (tertiary/aromatic N) is 3. The molecule has 1 atom stereocenters. The minimum atomic E-state index is 0.689. The van der Waals surface area contributed by atoms with Gasteiger partial charge < -0.3 is 15.1 Å². The average molecular weight is 331 g/mol. The van der Waals surface area contributed by atoms with Crippen molar-refractivity contribution in [1.29, 1.82) is 0 Å². The molecule has 0 radical (unpaired) electrons. The Balaban J connectivity index is 1.95. The van der Waals surface area contributed by atoms with Gasteiger partial charge in [-0.2, -0.15) is 0 Å². The lowest BCUT2D eigenvalue weighted by Gasteiger charge is -2.29. The third kappa shape index (κ3) is 5.82. The van der Waals surface area contributed by atoms with Gasteiger partial charge in [-0.05, 0) is 56.8 Å². The zero-order valence-corrected chi connectivity index (χ0v) is 15.9. The molecule has 4 nitrogen and oxygen atoms in total. The van der Waals surface area contributed by atoms with Gasteiger partial charge in [-0.3, -0.25) is 4.99 Å². The molecule has 0 amide bonds. The molecular formula is C20H34N4. The first-order valence-electron chi connectivity index (χ1n) is 9.38. The molecule has 1 fully saturated rings. The molecule has 1 saturated heterocycles. The van der Waals surface area contributed by atoms with Crippen LogP contribution in [0, 0.1) is 5.92 Å². The first-order chi connectivity index (χ1) is 11.6. The Kier molecular flexibility index (Phi) is 7.57. The van der Waals surface area contributed by atoms with Crippen LogP contribution >= 0.6 is 0 Å². The summed E-state index contributed by atoms with van der Waals surface area (Å²) in [6.07, 6.45) is 3.69. The highest BCUT2D eigenvalue weighted by molar-refractivity contribution is 5.79. The Morgan fingerprint density at radius 2 is 1.96 bits per heavy atom. The van der Waals surface area contributed by atoms with E-state index in [2.05, 4.69) is 67.3 Å². The fraction of sp³-hybridized carbons (Fsp3) is 0.650. The summed E-state index contributed by atoms with van der Waals surface area (Å²) < 4.78 is 0. The van der Waals surface area contributed by atoms with Gasteiger partial charge in [0.25, 0.3) is 0 Å². The SMILES string of the molecule is CCNC(=NCC1CCCN(C)C1)N(C)Cc1ccc(CC)cc1. The van der Waals surface area contributed by atoms with E-state index < -0.39 is 0 Å². The van der Waals surface area contributed by atoms with Crippen LogP contribution in [0.15, 0.2) is 29.3 Å². The minimum Gasteiger partial charge on any atom is -0.357 e. The monoisotopic (exact) mass is 330 g/mol. The second-order valence-electron chi connectivity index (χ2n) is 6.99. The molecule has 2 rings (SSSR count). The smallest absolute Gasteiger partial charge is 0.193 e. The summed E-state index contributed by atoms with van der Waals surface area (Å²) in [7, 11) is 4.34. The number of hydrogen-bond donors (Lipinski definition) is 1. The molecule has 0 bridgehead atoms. The molecule has 24 heavy (non-hydrogen) atoms. The van der Waals surface area contributed by atoms with E-state index in [4.69, 9.17) is 4.99 Å². The molecule has 1 aromatic carbocycles. The number of hydrogen-bond acceptors (Lipinski definition) is 2. The Morgan fingerprint density at radius 1 is 1.25 bits per heavy atom. The summed E-state index contributed by atoms with van der Waals surface area (Å²) in [6, 6.07) is 8.92. The minimum absolute atomic E-state index is 0.689. The Labute approximate surface area is 147 Å². The molecule has 0 spiro atoms. The molecular weight excluding hydrogens is 296 g/mol. The number of likely N-dealkylation sites (tertiary alicyclic amines) is 1. The van der Waals surface area contributed by atoms with Crippen LogP contribution in [0.5, 0.6) is 0 Å². The topological polar surface area (TPSA) is 30.9 Å². The lowest BCUT2D eigenvalue weighted by atomic mass is 9.99. The molecule has 4 heteroatoms. The van der Waals surface area contributed by atoms with Crippen LogP contribution in [-0.4, -0.2) is 56.0 Å². The number of benzene rings is 1. The van der Waals surface area contributed by atoms with Crippen molar-refractivity contribution in [2.24, 2.45) is 10.9 Å². The highest BCUT2D eigenvalue weighted by Crippen LogP contribution is 2.15. The molecule has 0 aliphatic carbocycles. The molecule has 1 aromatic rings. The lowest BCUT2D eigenvalue weighted by molar-refractivity contribution is 0.214. The number of guanidine groups is 1. The highest BCUT2D eigenvalue weighted by Gasteiger charge is 2.17. The van der Waals surface area contributed by atoms with Crippen molar-refractivity contribution >= 4 is 5.96 Å². The number of piperidine rings is 1. The van der Waals surface area contributed by atoms with Crippen LogP contribution in [-0.2, 0) is 13.0 Å². The molecule has 1 aliphatic rings. The third-order valence-electron chi connectivity index (χ3n) is 4.77. The predicted molar refractivity (Wildman–Crippen MR) is 103 cm³/mol. The van der Waals surface area contributed by atoms with E-state index in [-0.39, 0.29) is 0 Å². The van der Waals surface area contributed by atoms with E-state index in [0.717, 1.165) is 32.0 Å². The summed E-state index contributed by atoms with van der Waals surface area (Å²) >= 11 is 0. The third-order valence-corrected chi connectivity index (χ3v) is 4.77. The Morgan fingerprint density at radius 3 is 2.58 bits per heavy atom. The van der Waals surface area contributed by atoms with E-state index >= 15 is 0 Å². The van der Waals surface area contributed by atoms with Crippen molar-refractivity contribution in [2.75, 3.05) is 40.3 Å². The van der Waals surface area contributed by atoms with Crippen molar-refractivity contribution in [3.8, 4) is 0 Å². The van der Waals surface area contributed by atoms with E-state index in [9.17, 15) is 0 Å². The van der Waals surface area contributed by atoms with Gasteiger partial charge in [0.15, 0.2) is 5.96 Å². The van der Waals surface area contributed by atoms with Crippen molar-refractivity contribution < 1.29 is 0 Å². The normalized spacial score (nSPS) is 19.3. The van der Waals surface area contributed by atoms with Crippen molar-refractivity contribution in [3.63, 3.8) is 0 Å². The first-order valence-corrected chi connectivity index (χ1v) is 9.38. The maximum atomic E-state index is 4.91. The fourth-order valence-electron chi connectivity index (χ4n) is 3.34. The standard InChI is InChI=1S/C20H34N4/c1-5-17-9-11-18(12-10-17)16-24(4)20(21-6-2)22-14-19-8-7-13-23(3)15-19/h9-12,19H,5-8,13-16H2,1-4H3,(H,21,22). The molecule has 1 unspecified atom stereocenters. The number of rotatable bonds is 6. The van der Waals surface area contributed by atoms with E-state index in [1.807, 2.05) is 0 Å². The van der Waals surface area contributed by atoms with Gasteiger partial charge in [0.2, 0.25) is 0 Å². The molecule has 1 aliphatic heterocycles. The summed E-state index contributed by atoms with van der Waals surface area (Å²) in [5.74, 6) is 1.71. The zero-order chi connectivity index (χ0) is 17.4. The molecule has 1 N–H and O–H groups in total. The van der Waals surface area contributed by atoms with E-state index in [0.29, 0.717) is 5.92 Å². The maximum absolute atomic E-state index is 4.91. The van der Waals surface area contributed by atoms with Gasteiger partial charge in [0.1, 0.15) is 0 Å². The van der Waals surface area contributed by atoms with Crippen molar-refractivity contribution in [1.82, 2.24) is 15.1 Å². The quantitative estimate of drug-likeness (QED) is 0.642. The molecule has 0 aromatic heterocycles. The van der Waals surface area contributed by atoms with E-state index in [1.54, 1.807) is 0 Å². The maximum Gasteiger partial charge on any atom is 0.193 e. The number of aliphatic imine (C=N–C) groups is 1. The second-order valence-corrected chi connectivity index (χ2v) is 6.99. The van der Waals surface area contributed by atoms with Crippen LogP contribution in [0.3, 0.4) is 0 Å². The lowest BCUT2D eigenvalue weighted by Crippen LogP contribution is -2.39. The highest BCUT2D eigenvalue weighted by atomic mass is 15.3. The molecule has 0 saturated carbocycles. The average Bonchev–Trinajstić information content (AvgIpc) is 2.59. The van der Waals surface area contributed by atoms with Gasteiger partial charge in [-0.1, -0.05) is 31.2 Å².